The van der Waals surface area contributed by atoms with Gasteiger partial charge in [0.05, 0.1) is 129 Å². The van der Waals surface area contributed by atoms with Crippen molar-refractivity contribution in [2.24, 2.45) is 0 Å². The summed E-state index contributed by atoms with van der Waals surface area (Å²) in [7, 11) is 0. The van der Waals surface area contributed by atoms with E-state index in [1.807, 2.05) is 0 Å². The fourth-order valence-electron chi connectivity index (χ4n) is 4.46. The number of carbonyl (C=O) groups excluding carboxylic acids is 1. The zero-order valence-electron chi connectivity index (χ0n) is 31.0. The molecule has 0 fully saturated rings. The second kappa shape index (κ2) is 31.5. The van der Waals surface area contributed by atoms with Gasteiger partial charge in [-0.15, -0.1) is 0 Å². The number of halogens is 3. The van der Waals surface area contributed by atoms with Crippen LogP contribution in [0.2, 0.25) is 0 Å². The van der Waals surface area contributed by atoms with Crippen molar-refractivity contribution in [1.82, 2.24) is 0 Å². The van der Waals surface area contributed by atoms with E-state index in [1.165, 1.54) is 37.5 Å². The number of hydrogen-bond donors (Lipinski definition) is 1. The summed E-state index contributed by atoms with van der Waals surface area (Å²) < 4.78 is 93.7. The Labute approximate surface area is 311 Å². The Morgan fingerprint density at radius 3 is 1.42 bits per heavy atom. The van der Waals surface area contributed by atoms with Crippen LogP contribution in [0, 0.1) is 0 Å². The van der Waals surface area contributed by atoms with E-state index in [0.29, 0.717) is 111 Å². The molecule has 0 amide bonds. The van der Waals surface area contributed by atoms with Crippen molar-refractivity contribution in [3.05, 3.63) is 59.7 Å². The fourth-order valence-corrected chi connectivity index (χ4v) is 4.46. The van der Waals surface area contributed by atoms with Crippen molar-refractivity contribution in [1.29, 1.82) is 0 Å². The van der Waals surface area contributed by atoms with E-state index in [0.717, 1.165) is 25.2 Å². The van der Waals surface area contributed by atoms with Crippen molar-refractivity contribution in [2.45, 2.75) is 38.8 Å². The zero-order valence-corrected chi connectivity index (χ0v) is 31.0. The molecule has 0 unspecified atom stereocenters. The highest BCUT2D eigenvalue weighted by molar-refractivity contribution is 5.96. The van der Waals surface area contributed by atoms with E-state index in [4.69, 9.17) is 47.4 Å². The minimum Gasteiger partial charge on any atom is -0.460 e. The van der Waals surface area contributed by atoms with Crippen LogP contribution in [0.25, 0.3) is 0 Å². The van der Waals surface area contributed by atoms with Gasteiger partial charge in [-0.05, 0) is 36.8 Å². The van der Waals surface area contributed by atoms with Crippen LogP contribution >= 0.6 is 0 Å². The molecule has 0 heterocycles. The summed E-state index contributed by atoms with van der Waals surface area (Å²) in [6.07, 6.45) is 0.356. The van der Waals surface area contributed by atoms with Crippen LogP contribution in [-0.2, 0) is 53.5 Å². The molecule has 2 aromatic rings. The molecule has 0 aliphatic rings. The van der Waals surface area contributed by atoms with Crippen LogP contribution in [0.5, 0.6) is 0 Å². The third-order valence-corrected chi connectivity index (χ3v) is 7.20. The van der Waals surface area contributed by atoms with Gasteiger partial charge in [-0.3, -0.25) is 0 Å². The largest absolute Gasteiger partial charge is 0.460 e. The molecule has 0 aliphatic heterocycles. The van der Waals surface area contributed by atoms with Gasteiger partial charge in [0.25, 0.3) is 0 Å². The molecular weight excluding hydrogens is 703 g/mol. The Morgan fingerprint density at radius 1 is 0.528 bits per heavy atom. The van der Waals surface area contributed by atoms with Crippen molar-refractivity contribution in [3.8, 4) is 0 Å². The van der Waals surface area contributed by atoms with E-state index in [2.05, 4.69) is 12.2 Å². The van der Waals surface area contributed by atoms with Gasteiger partial charge in [-0.25, -0.2) is 4.79 Å². The number of esters is 1. The van der Waals surface area contributed by atoms with Crippen molar-refractivity contribution in [2.75, 3.05) is 131 Å². The topological polar surface area (TPSA) is 121 Å². The monoisotopic (exact) mass is 761 g/mol. The molecule has 0 aromatic heterocycles. The molecule has 0 aliphatic carbocycles. The number of unbranched alkanes of at least 4 members (excludes halogenated alkanes) is 3. The fraction of sp³-hybridized carbons (Fsp3) is 0.658. The minimum absolute atomic E-state index is 0.00134. The SMILES string of the molecule is CCCCCCOCCOCCOCCOCCOCCOCCOCCOCCOCCOC(=O)c1ccccc1Nc1cccc(C(F)(F)F)c1. The Hall–Kier alpha value is -2.86. The van der Waals surface area contributed by atoms with Gasteiger partial charge in [0.2, 0.25) is 0 Å². The van der Waals surface area contributed by atoms with Crippen LogP contribution in [0.1, 0.15) is 48.5 Å². The maximum Gasteiger partial charge on any atom is 0.416 e. The molecule has 0 saturated carbocycles. The van der Waals surface area contributed by atoms with Gasteiger partial charge < -0.3 is 52.7 Å². The summed E-state index contributed by atoms with van der Waals surface area (Å²) in [5.41, 5.74) is -0.0820. The molecule has 302 valence electrons. The zero-order chi connectivity index (χ0) is 38.1. The molecular formula is C38H58F3NO11. The van der Waals surface area contributed by atoms with Gasteiger partial charge in [0.1, 0.15) is 6.61 Å². The average molecular weight is 762 g/mol. The number of benzene rings is 2. The Balaban J connectivity index is 1.30. The molecule has 0 radical (unpaired) electrons. The number of para-hydroxylation sites is 1. The standard InChI is InChI=1S/C38H58F3NO11/c1-2-3-4-7-13-44-14-15-45-16-17-46-18-19-47-20-21-48-22-23-49-24-25-50-26-27-51-28-29-52-30-31-53-37(43)35-11-5-6-12-36(35)42-34-10-8-9-33(32-34)38(39,40)41/h5-6,8-12,32,42H,2-4,7,13-31H2,1H3. The Morgan fingerprint density at radius 2 is 0.962 bits per heavy atom. The van der Waals surface area contributed by atoms with Gasteiger partial charge in [0.15, 0.2) is 0 Å². The van der Waals surface area contributed by atoms with Crippen LogP contribution < -0.4 is 5.32 Å². The first-order chi connectivity index (χ1) is 25.9. The minimum atomic E-state index is -4.48. The van der Waals surface area contributed by atoms with Crippen LogP contribution in [0.3, 0.4) is 0 Å². The summed E-state index contributed by atoms with van der Waals surface area (Å²) in [6, 6.07) is 11.1. The average Bonchev–Trinajstić information content (AvgIpc) is 3.15. The summed E-state index contributed by atoms with van der Waals surface area (Å²) >= 11 is 0. The number of ether oxygens (including phenoxy) is 10. The maximum absolute atomic E-state index is 13.0. The predicted octanol–water partition coefficient (Wildman–Crippen LogP) is 6.34. The number of alkyl halides is 3. The lowest BCUT2D eigenvalue weighted by atomic mass is 10.1. The maximum atomic E-state index is 13.0. The smallest absolute Gasteiger partial charge is 0.416 e. The Bertz CT molecular complexity index is 1180. The van der Waals surface area contributed by atoms with Crippen LogP contribution in [-0.4, -0.2) is 132 Å². The summed E-state index contributed by atoms with van der Waals surface area (Å²) in [5.74, 6) is -0.626. The van der Waals surface area contributed by atoms with Gasteiger partial charge >= 0.3 is 12.1 Å². The molecule has 2 rings (SSSR count). The molecule has 0 saturated heterocycles. The van der Waals surface area contributed by atoms with E-state index in [1.54, 1.807) is 18.2 Å². The van der Waals surface area contributed by atoms with Crippen LogP contribution in [0.4, 0.5) is 24.5 Å². The van der Waals surface area contributed by atoms with E-state index in [-0.39, 0.29) is 24.5 Å². The molecule has 0 spiro atoms. The van der Waals surface area contributed by atoms with Crippen molar-refractivity contribution in [3.63, 3.8) is 0 Å². The summed E-state index contributed by atoms with van der Waals surface area (Å²) in [5, 5.41) is 2.86. The third-order valence-electron chi connectivity index (χ3n) is 7.20. The third kappa shape index (κ3) is 25.0. The first-order valence-electron chi connectivity index (χ1n) is 18.3. The second-order valence-electron chi connectivity index (χ2n) is 11.5. The van der Waals surface area contributed by atoms with Gasteiger partial charge in [-0.1, -0.05) is 44.4 Å². The van der Waals surface area contributed by atoms with Crippen molar-refractivity contribution < 1.29 is 65.3 Å². The highest BCUT2D eigenvalue weighted by Crippen LogP contribution is 2.32. The van der Waals surface area contributed by atoms with Crippen molar-refractivity contribution >= 4 is 17.3 Å². The summed E-state index contributed by atoms with van der Waals surface area (Å²) in [6.45, 7) is 10.7. The number of anilines is 2. The number of rotatable bonds is 35. The molecule has 53 heavy (non-hydrogen) atoms. The Kier molecular flexibility index (Phi) is 27.5. The summed E-state index contributed by atoms with van der Waals surface area (Å²) in [4.78, 5) is 12.6. The van der Waals surface area contributed by atoms with Gasteiger partial charge in [0, 0.05) is 12.3 Å². The highest BCUT2D eigenvalue weighted by Gasteiger charge is 2.30. The number of hydrogen-bond acceptors (Lipinski definition) is 12. The van der Waals surface area contributed by atoms with E-state index < -0.39 is 17.7 Å². The molecule has 0 bridgehead atoms. The first kappa shape index (κ1) is 46.3. The number of carbonyl (C=O) groups is 1. The lowest BCUT2D eigenvalue weighted by molar-refractivity contribution is -0.137. The molecule has 2 aromatic carbocycles. The molecule has 1 N–H and O–H groups in total. The van der Waals surface area contributed by atoms with E-state index >= 15 is 0 Å². The lowest BCUT2D eigenvalue weighted by Crippen LogP contribution is -2.16. The molecule has 12 nitrogen and oxygen atoms in total. The van der Waals surface area contributed by atoms with Crippen LogP contribution in [0.15, 0.2) is 48.5 Å². The lowest BCUT2D eigenvalue weighted by Gasteiger charge is -2.13. The first-order valence-corrected chi connectivity index (χ1v) is 18.3. The predicted molar refractivity (Wildman–Crippen MR) is 193 cm³/mol. The van der Waals surface area contributed by atoms with Gasteiger partial charge in [-0.2, -0.15) is 13.2 Å². The normalized spacial score (nSPS) is 11.6. The number of nitrogens with one attached hydrogen (secondary N) is 1. The molecule has 15 heteroatoms. The highest BCUT2D eigenvalue weighted by atomic mass is 19.4. The second-order valence-corrected chi connectivity index (χ2v) is 11.5. The quantitative estimate of drug-likeness (QED) is 0.0624. The van der Waals surface area contributed by atoms with E-state index in [9.17, 15) is 18.0 Å². The molecule has 0 atom stereocenters.